The van der Waals surface area contributed by atoms with Crippen LogP contribution in [0.4, 0.5) is 4.79 Å². The maximum atomic E-state index is 11.8. The van der Waals surface area contributed by atoms with Gasteiger partial charge in [0.25, 0.3) is 0 Å². The Morgan fingerprint density at radius 1 is 1.26 bits per heavy atom. The molecule has 2 heterocycles. The number of amides is 3. The smallest absolute Gasteiger partial charge is 0.315 e. The number of thioether (sulfide) groups is 1. The largest absolute Gasteiger partial charge is 0.379 e. The predicted octanol–water partition coefficient (Wildman–Crippen LogP) is 1.17. The molecule has 0 aromatic rings. The molecule has 2 aliphatic rings. The van der Waals surface area contributed by atoms with Crippen LogP contribution in [-0.4, -0.2) is 74.5 Å². The van der Waals surface area contributed by atoms with Gasteiger partial charge in [0.05, 0.1) is 38.5 Å². The van der Waals surface area contributed by atoms with Crippen molar-refractivity contribution in [2.24, 2.45) is 5.11 Å². The van der Waals surface area contributed by atoms with E-state index in [1.54, 1.807) is 0 Å². The minimum absolute atomic E-state index is 0.0389. The number of hydrogen-bond donors (Lipinski definition) is 3. The summed E-state index contributed by atoms with van der Waals surface area (Å²) >= 11 is 1.90. The SMILES string of the molecule is [N-]=[N+]=NCCOCCOCCNC(=O)CCCC[C@@H]1SC[C@H]2NC(=O)N[C@H]12. The fourth-order valence-electron chi connectivity index (χ4n) is 3.10. The van der Waals surface area contributed by atoms with E-state index >= 15 is 0 Å². The van der Waals surface area contributed by atoms with Gasteiger partial charge in [-0.25, -0.2) is 4.79 Å². The van der Waals surface area contributed by atoms with Gasteiger partial charge < -0.3 is 25.4 Å². The van der Waals surface area contributed by atoms with Gasteiger partial charge >= 0.3 is 6.03 Å². The van der Waals surface area contributed by atoms with E-state index < -0.39 is 0 Å². The molecule has 10 nitrogen and oxygen atoms in total. The highest BCUT2D eigenvalue weighted by Gasteiger charge is 2.42. The lowest BCUT2D eigenvalue weighted by atomic mass is 10.0. The summed E-state index contributed by atoms with van der Waals surface area (Å²) < 4.78 is 10.5. The predicted molar refractivity (Wildman–Crippen MR) is 103 cm³/mol. The highest BCUT2D eigenvalue weighted by Crippen LogP contribution is 2.33. The minimum Gasteiger partial charge on any atom is -0.379 e. The number of azide groups is 1. The van der Waals surface area contributed by atoms with E-state index in [2.05, 4.69) is 26.0 Å². The fraction of sp³-hybridized carbons (Fsp3) is 0.875. The number of nitrogens with one attached hydrogen (secondary N) is 3. The second-order valence-corrected chi connectivity index (χ2v) is 7.67. The highest BCUT2D eigenvalue weighted by molar-refractivity contribution is 8.00. The van der Waals surface area contributed by atoms with Crippen molar-refractivity contribution in [2.45, 2.75) is 43.0 Å². The van der Waals surface area contributed by atoms with Crippen molar-refractivity contribution in [2.75, 3.05) is 45.3 Å². The van der Waals surface area contributed by atoms with Crippen molar-refractivity contribution < 1.29 is 19.1 Å². The number of urea groups is 1. The zero-order chi connectivity index (χ0) is 19.3. The first-order chi connectivity index (χ1) is 13.2. The van der Waals surface area contributed by atoms with Gasteiger partial charge in [-0.15, -0.1) is 0 Å². The van der Waals surface area contributed by atoms with Crippen LogP contribution < -0.4 is 16.0 Å². The van der Waals surface area contributed by atoms with Crippen LogP contribution in [-0.2, 0) is 14.3 Å². The van der Waals surface area contributed by atoms with Crippen molar-refractivity contribution in [1.29, 1.82) is 0 Å². The van der Waals surface area contributed by atoms with Crippen LogP contribution in [0, 0.1) is 0 Å². The Balaban J connectivity index is 1.38. The van der Waals surface area contributed by atoms with E-state index in [4.69, 9.17) is 15.0 Å². The third kappa shape index (κ3) is 8.25. The Labute approximate surface area is 163 Å². The van der Waals surface area contributed by atoms with E-state index in [1.165, 1.54) is 0 Å². The highest BCUT2D eigenvalue weighted by atomic mass is 32.2. The summed E-state index contributed by atoms with van der Waals surface area (Å²) in [6.07, 6.45) is 3.36. The summed E-state index contributed by atoms with van der Waals surface area (Å²) in [4.78, 5) is 25.8. The van der Waals surface area contributed by atoms with Crippen LogP contribution in [0.3, 0.4) is 0 Å². The molecule has 27 heavy (non-hydrogen) atoms. The molecule has 2 saturated heterocycles. The van der Waals surface area contributed by atoms with Crippen LogP contribution in [0.2, 0.25) is 0 Å². The molecule has 2 rings (SSSR count). The fourth-order valence-corrected chi connectivity index (χ4v) is 4.64. The lowest BCUT2D eigenvalue weighted by molar-refractivity contribution is -0.121. The molecule has 152 valence electrons. The first-order valence-electron chi connectivity index (χ1n) is 9.32. The number of carbonyl (C=O) groups is 2. The Bertz CT molecular complexity index is 531. The van der Waals surface area contributed by atoms with Gasteiger partial charge in [-0.1, -0.05) is 11.5 Å². The van der Waals surface area contributed by atoms with Gasteiger partial charge in [0.15, 0.2) is 0 Å². The molecule has 0 aromatic heterocycles. The lowest BCUT2D eigenvalue weighted by Crippen LogP contribution is -2.36. The minimum atomic E-state index is -0.0587. The Morgan fingerprint density at radius 3 is 2.89 bits per heavy atom. The number of ether oxygens (including phenoxy) is 2. The lowest BCUT2D eigenvalue weighted by Gasteiger charge is -2.16. The van der Waals surface area contributed by atoms with E-state index in [1.807, 2.05) is 11.8 Å². The summed E-state index contributed by atoms with van der Waals surface area (Å²) in [6, 6.07) is 0.431. The average Bonchev–Trinajstić information content (AvgIpc) is 3.20. The van der Waals surface area contributed by atoms with Gasteiger partial charge in [0.1, 0.15) is 0 Å². The number of nitrogens with zero attached hydrogens (tertiary/aromatic N) is 3. The molecule has 0 unspecified atom stereocenters. The van der Waals surface area contributed by atoms with Crippen LogP contribution in [0.25, 0.3) is 10.4 Å². The van der Waals surface area contributed by atoms with Crippen molar-refractivity contribution in [1.82, 2.24) is 16.0 Å². The van der Waals surface area contributed by atoms with Crippen LogP contribution in [0.5, 0.6) is 0 Å². The maximum Gasteiger partial charge on any atom is 0.315 e. The molecule has 0 aliphatic carbocycles. The Kier molecular flexibility index (Phi) is 10.1. The topological polar surface area (TPSA) is 137 Å². The van der Waals surface area contributed by atoms with Gasteiger partial charge in [0, 0.05) is 35.4 Å². The van der Waals surface area contributed by atoms with Crippen molar-refractivity contribution in [3.63, 3.8) is 0 Å². The second-order valence-electron chi connectivity index (χ2n) is 6.40. The van der Waals surface area contributed by atoms with Gasteiger partial charge in [-0.3, -0.25) is 4.79 Å². The molecule has 0 saturated carbocycles. The quantitative estimate of drug-likeness (QED) is 0.132. The van der Waals surface area contributed by atoms with Crippen molar-refractivity contribution >= 4 is 23.7 Å². The summed E-state index contributed by atoms with van der Waals surface area (Å²) in [7, 11) is 0. The van der Waals surface area contributed by atoms with Crippen LogP contribution in [0.15, 0.2) is 5.11 Å². The van der Waals surface area contributed by atoms with Gasteiger partial charge in [0.2, 0.25) is 5.91 Å². The standard InChI is InChI=1S/C16H28N6O4S/c17-22-19-6-8-26-10-9-25-7-5-18-14(23)4-2-1-3-13-15-12(11-27-13)20-16(24)21-15/h12-13,15H,1-11H2,(H,18,23)(H2,20,21,24)/t12-,13+,15+/m1/s1. The monoisotopic (exact) mass is 400 g/mol. The maximum absolute atomic E-state index is 11.8. The molecule has 3 N–H and O–H groups in total. The van der Waals surface area contributed by atoms with Crippen LogP contribution >= 0.6 is 11.8 Å². The normalized spacial score (nSPS) is 23.3. The molecule has 3 atom stereocenters. The number of unbranched alkanes of at least 4 members (excludes halogenated alkanes) is 1. The summed E-state index contributed by atoms with van der Waals surface area (Å²) in [5, 5.41) is 12.6. The van der Waals surface area contributed by atoms with Crippen molar-refractivity contribution in [3.8, 4) is 0 Å². The number of carbonyl (C=O) groups excluding carboxylic acids is 2. The number of hydrogen-bond acceptors (Lipinski definition) is 6. The third-order valence-corrected chi connectivity index (χ3v) is 5.93. The first kappa shape index (κ1) is 21.6. The van der Waals surface area contributed by atoms with Gasteiger partial charge in [-0.2, -0.15) is 11.8 Å². The first-order valence-corrected chi connectivity index (χ1v) is 10.4. The zero-order valence-corrected chi connectivity index (χ0v) is 16.2. The molecule has 0 spiro atoms. The molecule has 0 aromatic carbocycles. The van der Waals surface area contributed by atoms with E-state index in [0.29, 0.717) is 51.2 Å². The van der Waals surface area contributed by atoms with Crippen LogP contribution in [0.1, 0.15) is 25.7 Å². The third-order valence-electron chi connectivity index (χ3n) is 4.42. The molecule has 0 bridgehead atoms. The van der Waals surface area contributed by atoms with Gasteiger partial charge in [-0.05, 0) is 18.4 Å². The average molecular weight is 401 g/mol. The van der Waals surface area contributed by atoms with E-state index in [0.717, 1.165) is 25.0 Å². The molecule has 3 amide bonds. The molecule has 2 fully saturated rings. The molecular formula is C16H28N6O4S. The number of rotatable bonds is 14. The molecule has 0 radical (unpaired) electrons. The van der Waals surface area contributed by atoms with Crippen molar-refractivity contribution in [3.05, 3.63) is 10.4 Å². The summed E-state index contributed by atoms with van der Waals surface area (Å²) in [6.45, 7) is 2.51. The second kappa shape index (κ2) is 12.7. The zero-order valence-electron chi connectivity index (χ0n) is 15.4. The molecule has 2 aliphatic heterocycles. The number of fused-ring (bicyclic) bond motifs is 1. The molecular weight excluding hydrogens is 372 g/mol. The summed E-state index contributed by atoms with van der Waals surface area (Å²) in [5.74, 6) is 1.00. The Hall–Kier alpha value is -1.68. The molecule has 11 heteroatoms. The summed E-state index contributed by atoms with van der Waals surface area (Å²) in [5.41, 5.74) is 8.10. The van der Waals surface area contributed by atoms with E-state index in [-0.39, 0.29) is 24.0 Å². The van der Waals surface area contributed by atoms with E-state index in [9.17, 15) is 9.59 Å². The Morgan fingerprint density at radius 2 is 2.07 bits per heavy atom.